The van der Waals surface area contributed by atoms with Crippen molar-refractivity contribution in [1.82, 2.24) is 4.65 Å². The number of hydrogen-bond acceptors (Lipinski definition) is 9. The number of aromatic hydroxyl groups is 4. The maximum atomic E-state index is 10.1. The third kappa shape index (κ3) is 13.2. The van der Waals surface area contributed by atoms with Crippen molar-refractivity contribution < 1.29 is 38.1 Å². The van der Waals surface area contributed by atoms with Gasteiger partial charge >= 0.3 is 0 Å². The molecule has 0 saturated carbocycles. The SMILES string of the molecule is CC1(C)CC2(CC(C)(C)c3cc(O)c(O)cc32)c2cc(O)c(O)cc21.CC1(C)CC2(CC(C)(C)c3cc(O[Si](C)(C)C)c(O[Si](C)(C)C)cc32)c2cc(O[Si](C)(C)C)c(O[Si](C)(C)C)cc21.C[Si](C)(C)N[Si](C)(C)C. The van der Waals surface area contributed by atoms with Crippen LogP contribution < -0.4 is 22.4 Å². The highest BCUT2D eigenvalue weighted by atomic mass is 28.4. The summed E-state index contributed by atoms with van der Waals surface area (Å²) in [5.74, 6) is 3.25. The van der Waals surface area contributed by atoms with Crippen LogP contribution in [0.15, 0.2) is 48.5 Å². The first-order valence-corrected chi connectivity index (χ1v) is 48.1. The summed E-state index contributed by atoms with van der Waals surface area (Å²) in [6, 6.07) is 16.1. The molecule has 0 amide bonds. The minimum atomic E-state index is -1.88. The van der Waals surface area contributed by atoms with Gasteiger partial charge in [-0.3, -0.25) is 0 Å². The van der Waals surface area contributed by atoms with Crippen molar-refractivity contribution in [2.45, 2.75) is 231 Å². The number of nitrogens with one attached hydrogen (secondary N) is 1. The summed E-state index contributed by atoms with van der Waals surface area (Å²) in [7, 11) is -9.43. The van der Waals surface area contributed by atoms with Crippen LogP contribution in [0.5, 0.6) is 46.0 Å². The fourth-order valence-electron chi connectivity index (χ4n) is 13.4. The number of rotatable bonds is 10. The van der Waals surface area contributed by atoms with Gasteiger partial charge in [-0.05, 0) is 219 Å². The van der Waals surface area contributed by atoms with Crippen molar-refractivity contribution in [3.8, 4) is 46.0 Å². The highest BCUT2D eigenvalue weighted by Crippen LogP contribution is 2.67. The number of hydrogen-bond donors (Lipinski definition) is 5. The summed E-state index contributed by atoms with van der Waals surface area (Å²) in [5, 5.41) is 40.3. The molecule has 4 aromatic carbocycles. The maximum absolute atomic E-state index is 10.1. The zero-order valence-electron chi connectivity index (χ0n) is 51.4. The Bertz CT molecular complexity index is 2640. The van der Waals surface area contributed by atoms with Crippen LogP contribution in [-0.2, 0) is 32.5 Å². The number of phenolic OH excluding ortho intramolecular Hbond substituents is 4. The van der Waals surface area contributed by atoms with E-state index in [1.165, 1.54) is 22.3 Å². The average molecular weight is 1130 g/mol. The van der Waals surface area contributed by atoms with Crippen LogP contribution in [0, 0.1) is 0 Å². The molecule has 0 aromatic heterocycles. The molecule has 8 rings (SSSR count). The third-order valence-corrected chi connectivity index (χ3v) is 24.1. The van der Waals surface area contributed by atoms with Crippen molar-refractivity contribution in [3.05, 3.63) is 93.0 Å². The van der Waals surface area contributed by atoms with E-state index in [0.717, 1.165) is 70.9 Å². The van der Waals surface area contributed by atoms with E-state index in [4.69, 9.17) is 17.7 Å². The standard InChI is InChI=1S/C33H56O4Si4.C21H24O4.C6H19NSi2/c1-31(2)21-33(25-19-29(36-40(11,12)13)27(17-23(25)31)34-38(5,6)7)22-32(3,4)24-18-28(35-39(8,9)10)30(20-26(24)33)37-41(14,15)16;1-19(2)9-21(13-7-17(24)15(22)5-11(13)19)10-20(3,4)12-6-16(23)18(25)8-14(12)21;1-8(2,3)7-9(4,5)6/h17-20H,21-22H2,1-16H3;5-8,22-25H,9-10H2,1-4H3;7H,1-6H3. The lowest BCUT2D eigenvalue weighted by molar-refractivity contribution is 0.348. The van der Waals surface area contributed by atoms with Crippen LogP contribution in [0.3, 0.4) is 0 Å². The topological polar surface area (TPSA) is 130 Å². The molecule has 15 heteroatoms. The normalized spacial score (nSPS) is 19.2. The molecule has 2 spiro atoms. The van der Waals surface area contributed by atoms with Crippen LogP contribution >= 0.6 is 0 Å². The first-order chi connectivity index (χ1) is 33.4. The molecular weight excluding hydrogens is 1030 g/mol. The third-order valence-electron chi connectivity index (χ3n) is 14.8. The highest BCUT2D eigenvalue weighted by Gasteiger charge is 2.59. The van der Waals surface area contributed by atoms with Gasteiger partial charge in [0.25, 0.3) is 0 Å². The Kier molecular flexibility index (Phi) is 15.5. The van der Waals surface area contributed by atoms with E-state index in [2.05, 4.69) is 202 Å². The van der Waals surface area contributed by atoms with E-state index in [-0.39, 0.29) is 55.5 Å². The van der Waals surface area contributed by atoms with Gasteiger partial charge in [-0.1, -0.05) is 94.7 Å². The second-order valence-corrected chi connectivity index (χ2v) is 59.1. The van der Waals surface area contributed by atoms with E-state index in [1.807, 2.05) is 0 Å². The summed E-state index contributed by atoms with van der Waals surface area (Å²) in [6.45, 7) is 59.4. The fraction of sp³-hybridized carbons (Fsp3) is 0.600. The van der Waals surface area contributed by atoms with E-state index < -0.39 is 49.7 Å². The minimum Gasteiger partial charge on any atom is -0.542 e. The van der Waals surface area contributed by atoms with Gasteiger partial charge in [0.2, 0.25) is 33.3 Å². The summed E-state index contributed by atoms with van der Waals surface area (Å²) >= 11 is 0. The molecule has 4 aliphatic rings. The Hall–Kier alpha value is -3.46. The molecule has 0 radical (unpaired) electrons. The molecule has 0 aliphatic heterocycles. The largest absolute Gasteiger partial charge is 0.542 e. The van der Waals surface area contributed by atoms with Crippen LogP contribution in [-0.4, -0.2) is 70.2 Å². The van der Waals surface area contributed by atoms with Gasteiger partial charge in [0.05, 0.1) is 0 Å². The lowest BCUT2D eigenvalue weighted by atomic mass is 9.72. The monoisotopic (exact) mass is 1130 g/mol. The van der Waals surface area contributed by atoms with Crippen molar-refractivity contribution in [2.75, 3.05) is 0 Å². The molecule has 9 nitrogen and oxygen atoms in total. The fourth-order valence-corrected chi connectivity index (χ4v) is 25.7. The molecule has 4 aromatic rings. The smallest absolute Gasteiger partial charge is 0.242 e. The molecule has 0 unspecified atom stereocenters. The molecule has 4 aliphatic carbocycles. The van der Waals surface area contributed by atoms with Crippen LogP contribution in [0.1, 0.15) is 126 Å². The number of benzene rings is 4. The Morgan fingerprint density at radius 3 is 0.667 bits per heavy atom. The molecule has 75 heavy (non-hydrogen) atoms. The van der Waals surface area contributed by atoms with Gasteiger partial charge in [-0.15, -0.1) is 0 Å². The van der Waals surface area contributed by atoms with Gasteiger partial charge < -0.3 is 42.8 Å². The Morgan fingerprint density at radius 1 is 0.307 bits per heavy atom. The molecule has 0 fully saturated rings. The molecule has 0 atom stereocenters. The predicted octanol–water partition coefficient (Wildman–Crippen LogP) is 16.6. The first kappa shape index (κ1) is 60.8. The lowest BCUT2D eigenvalue weighted by Crippen LogP contribution is -2.55. The Balaban J connectivity index is 0.000000226. The number of phenols is 4. The first-order valence-electron chi connectivity index (χ1n) is 27.5. The quantitative estimate of drug-likeness (QED) is 0.0778. The van der Waals surface area contributed by atoms with E-state index in [1.54, 1.807) is 24.3 Å². The van der Waals surface area contributed by atoms with Crippen LogP contribution in [0.4, 0.5) is 0 Å². The lowest BCUT2D eigenvalue weighted by Gasteiger charge is -2.32. The Labute approximate surface area is 460 Å². The van der Waals surface area contributed by atoms with Crippen molar-refractivity contribution in [2.24, 2.45) is 0 Å². The second kappa shape index (κ2) is 19.1. The Morgan fingerprint density at radius 2 is 0.480 bits per heavy atom. The van der Waals surface area contributed by atoms with Crippen molar-refractivity contribution >= 4 is 49.7 Å². The second-order valence-electron chi connectivity index (χ2n) is 31.4. The summed E-state index contributed by atoms with van der Waals surface area (Å²) in [6.07, 6.45) is 3.74. The predicted molar refractivity (Wildman–Crippen MR) is 330 cm³/mol. The van der Waals surface area contributed by atoms with Gasteiger partial charge in [0, 0.05) is 10.8 Å². The van der Waals surface area contributed by atoms with Gasteiger partial charge in [0.15, 0.2) is 23.0 Å². The van der Waals surface area contributed by atoms with Crippen LogP contribution in [0.2, 0.25) is 118 Å². The van der Waals surface area contributed by atoms with Gasteiger partial charge in [-0.25, -0.2) is 0 Å². The average Bonchev–Trinajstić information content (AvgIpc) is 3.68. The minimum absolute atomic E-state index is 0.00441. The zero-order chi connectivity index (χ0) is 57.3. The summed E-state index contributed by atoms with van der Waals surface area (Å²) < 4.78 is 30.7. The van der Waals surface area contributed by atoms with Crippen molar-refractivity contribution in [3.63, 3.8) is 0 Å². The molecule has 416 valence electrons. The van der Waals surface area contributed by atoms with Crippen molar-refractivity contribution in [1.29, 1.82) is 0 Å². The summed E-state index contributed by atoms with van der Waals surface area (Å²) in [4.78, 5) is 0. The molecule has 0 heterocycles. The summed E-state index contributed by atoms with van der Waals surface area (Å²) in [5.41, 5.74) is 8.83. The molecule has 0 saturated heterocycles. The molecule has 0 bridgehead atoms. The molecule has 5 N–H and O–H groups in total. The van der Waals surface area contributed by atoms with E-state index in [9.17, 15) is 20.4 Å². The van der Waals surface area contributed by atoms with Gasteiger partial charge in [-0.2, -0.15) is 0 Å². The number of fused-ring (bicyclic) bond motifs is 8. The van der Waals surface area contributed by atoms with E-state index in [0.29, 0.717) is 0 Å². The maximum Gasteiger partial charge on any atom is 0.242 e. The highest BCUT2D eigenvalue weighted by molar-refractivity contribution is 6.90. The van der Waals surface area contributed by atoms with Gasteiger partial charge in [0.1, 0.15) is 39.5 Å². The molecular formula is C60H99NO8Si6. The van der Waals surface area contributed by atoms with E-state index >= 15 is 0 Å². The zero-order valence-corrected chi connectivity index (χ0v) is 57.4. The van der Waals surface area contributed by atoms with Crippen LogP contribution in [0.25, 0.3) is 0 Å².